The molecule has 0 spiro atoms. The second kappa shape index (κ2) is 8.89. The first-order valence-electron chi connectivity index (χ1n) is 12.4. The van der Waals surface area contributed by atoms with Gasteiger partial charge in [0.25, 0.3) is 5.56 Å². The minimum atomic E-state index is -0.421. The fraction of sp³-hybridized carbons (Fsp3) is 0.538. The van der Waals surface area contributed by atoms with Gasteiger partial charge in [0, 0.05) is 12.0 Å². The van der Waals surface area contributed by atoms with Gasteiger partial charge >= 0.3 is 12.0 Å². The molecule has 0 amide bonds. The third-order valence-corrected chi connectivity index (χ3v) is 7.66. The van der Waals surface area contributed by atoms with E-state index in [2.05, 4.69) is 16.9 Å². The number of nitrogens with zero attached hydrogens (tertiary/aromatic N) is 3. The van der Waals surface area contributed by atoms with Crippen molar-refractivity contribution in [2.75, 3.05) is 6.61 Å². The maximum atomic E-state index is 13.5. The molecule has 1 aromatic carbocycles. The van der Waals surface area contributed by atoms with Crippen LogP contribution in [-0.2, 0) is 16.7 Å². The summed E-state index contributed by atoms with van der Waals surface area (Å²) in [5.74, 6) is 2.26. The number of ether oxygens (including phenoxy) is 2. The number of aromatic amines is 1. The van der Waals surface area contributed by atoms with Crippen LogP contribution in [0.4, 0.5) is 0 Å². The molecule has 180 valence electrons. The lowest BCUT2D eigenvalue weighted by Crippen LogP contribution is -2.33. The first-order valence-corrected chi connectivity index (χ1v) is 12.4. The fourth-order valence-corrected chi connectivity index (χ4v) is 6.04. The van der Waals surface area contributed by atoms with Crippen molar-refractivity contribution in [2.45, 2.75) is 71.3 Å². The van der Waals surface area contributed by atoms with Gasteiger partial charge in [-0.2, -0.15) is 4.98 Å². The van der Waals surface area contributed by atoms with Crippen LogP contribution in [0.3, 0.4) is 0 Å². The maximum Gasteiger partial charge on any atom is 0.338 e. The van der Waals surface area contributed by atoms with Crippen molar-refractivity contribution in [3.8, 4) is 11.8 Å². The second-order valence-electron chi connectivity index (χ2n) is 9.58. The molecule has 0 radical (unpaired) electrons. The van der Waals surface area contributed by atoms with Crippen LogP contribution in [-0.4, -0.2) is 32.1 Å². The van der Waals surface area contributed by atoms with Crippen molar-refractivity contribution < 1.29 is 14.3 Å². The number of carbonyl (C=O) groups excluding carboxylic acids is 1. The van der Waals surface area contributed by atoms with Crippen LogP contribution in [0.25, 0.3) is 11.2 Å². The molecule has 2 aliphatic rings. The molecule has 2 aliphatic carbocycles. The van der Waals surface area contributed by atoms with Crippen LogP contribution in [0.15, 0.2) is 29.1 Å². The lowest BCUT2D eigenvalue weighted by atomic mass is 9.70. The van der Waals surface area contributed by atoms with Gasteiger partial charge in [-0.25, -0.2) is 9.78 Å². The maximum absolute atomic E-state index is 13.5. The lowest BCUT2D eigenvalue weighted by Gasteiger charge is -2.35. The quantitative estimate of drug-likeness (QED) is 0.473. The largest absolute Gasteiger partial charge is 0.462 e. The van der Waals surface area contributed by atoms with E-state index in [0.29, 0.717) is 41.5 Å². The number of nitrogens with one attached hydrogen (secondary N) is 1. The number of rotatable bonds is 8. The van der Waals surface area contributed by atoms with Crippen LogP contribution in [0.2, 0.25) is 0 Å². The molecule has 2 heterocycles. The molecule has 3 atom stereocenters. The smallest absolute Gasteiger partial charge is 0.338 e. The molecule has 3 aromatic rings. The molecule has 0 aliphatic heterocycles. The first-order chi connectivity index (χ1) is 16.5. The minimum absolute atomic E-state index is 0.000629. The molecule has 2 bridgehead atoms. The Hall–Kier alpha value is -3.16. The molecule has 8 nitrogen and oxygen atoms in total. The molecule has 2 saturated carbocycles. The average molecular weight is 465 g/mol. The van der Waals surface area contributed by atoms with Crippen molar-refractivity contribution in [1.82, 2.24) is 19.5 Å². The highest BCUT2D eigenvalue weighted by Gasteiger charge is 2.52. The molecule has 8 heteroatoms. The van der Waals surface area contributed by atoms with E-state index in [1.807, 2.05) is 6.92 Å². The fourth-order valence-electron chi connectivity index (χ4n) is 6.04. The molecular formula is C26H32N4O4. The van der Waals surface area contributed by atoms with Gasteiger partial charge in [0.15, 0.2) is 11.2 Å². The van der Waals surface area contributed by atoms with Crippen molar-refractivity contribution in [1.29, 1.82) is 0 Å². The summed E-state index contributed by atoms with van der Waals surface area (Å²) in [5.41, 5.74) is 1.02. The van der Waals surface area contributed by atoms with Gasteiger partial charge < -0.3 is 14.5 Å². The van der Waals surface area contributed by atoms with Gasteiger partial charge in [-0.1, -0.05) is 26.3 Å². The Labute approximate surface area is 198 Å². The van der Waals surface area contributed by atoms with Crippen LogP contribution >= 0.6 is 0 Å². The molecule has 5 rings (SSSR count). The second-order valence-corrected chi connectivity index (χ2v) is 9.58. The topological polar surface area (TPSA) is 99.1 Å². The van der Waals surface area contributed by atoms with Crippen molar-refractivity contribution in [3.05, 3.63) is 46.0 Å². The zero-order valence-electron chi connectivity index (χ0n) is 20.1. The molecule has 2 fully saturated rings. The third kappa shape index (κ3) is 3.69. The highest BCUT2D eigenvalue weighted by atomic mass is 16.5. The predicted molar refractivity (Wildman–Crippen MR) is 128 cm³/mol. The van der Waals surface area contributed by atoms with Crippen LogP contribution in [0, 0.1) is 11.8 Å². The van der Waals surface area contributed by atoms with Crippen molar-refractivity contribution >= 4 is 17.1 Å². The Morgan fingerprint density at radius 1 is 1.24 bits per heavy atom. The van der Waals surface area contributed by atoms with Gasteiger partial charge in [-0.3, -0.25) is 9.36 Å². The van der Waals surface area contributed by atoms with E-state index in [9.17, 15) is 9.59 Å². The number of fused-ring (bicyclic) bond motifs is 3. The lowest BCUT2D eigenvalue weighted by molar-refractivity contribution is 0.0526. The highest BCUT2D eigenvalue weighted by molar-refractivity contribution is 5.89. The van der Waals surface area contributed by atoms with E-state index in [-0.39, 0.29) is 17.0 Å². The number of aromatic nitrogens is 4. The Kier molecular flexibility index (Phi) is 5.91. The standard InChI is InChI=1S/C26H32N4O4/c1-4-12-30-22(31)20-21(28-24(27-20)26(5-2)15-16-10-11-18(26)13-16)29-25(30)34-19-9-7-8-17(14-19)23(32)33-6-3/h7-9,14,16,18H,4-6,10-13,15H2,1-3H3,(H,27,28). The number of hydrogen-bond acceptors (Lipinski definition) is 6. The van der Waals surface area contributed by atoms with Gasteiger partial charge in [-0.15, -0.1) is 0 Å². The Balaban J connectivity index is 1.55. The Bertz CT molecular complexity index is 1280. The molecule has 0 saturated heterocycles. The number of hydrogen-bond donors (Lipinski definition) is 1. The van der Waals surface area contributed by atoms with E-state index in [4.69, 9.17) is 14.5 Å². The number of imidazole rings is 1. The number of H-pyrrole nitrogens is 1. The summed E-state index contributed by atoms with van der Waals surface area (Å²) < 4.78 is 12.7. The van der Waals surface area contributed by atoms with Crippen LogP contribution in [0.5, 0.6) is 11.8 Å². The first kappa shape index (κ1) is 22.6. The predicted octanol–water partition coefficient (Wildman–Crippen LogP) is 4.97. The van der Waals surface area contributed by atoms with E-state index in [0.717, 1.165) is 31.0 Å². The summed E-state index contributed by atoms with van der Waals surface area (Å²) in [7, 11) is 0. The molecular weight excluding hydrogens is 432 g/mol. The Morgan fingerprint density at radius 3 is 2.76 bits per heavy atom. The summed E-state index contributed by atoms with van der Waals surface area (Å²) in [4.78, 5) is 38.5. The molecule has 2 aromatic heterocycles. The Morgan fingerprint density at radius 2 is 2.09 bits per heavy atom. The summed E-state index contributed by atoms with van der Waals surface area (Å²) in [5, 5.41) is 0. The zero-order valence-corrected chi connectivity index (χ0v) is 20.1. The molecule has 34 heavy (non-hydrogen) atoms. The van der Waals surface area contributed by atoms with Crippen LogP contribution in [0.1, 0.15) is 75.5 Å². The van der Waals surface area contributed by atoms with E-state index in [1.54, 1.807) is 35.8 Å². The van der Waals surface area contributed by atoms with Crippen LogP contribution < -0.4 is 10.3 Å². The highest BCUT2D eigenvalue weighted by Crippen LogP contribution is 2.57. The van der Waals surface area contributed by atoms with E-state index < -0.39 is 5.97 Å². The number of esters is 1. The third-order valence-electron chi connectivity index (χ3n) is 7.66. The molecule has 3 unspecified atom stereocenters. The van der Waals surface area contributed by atoms with Gasteiger partial charge in [0.2, 0.25) is 0 Å². The van der Waals surface area contributed by atoms with Gasteiger partial charge in [-0.05, 0) is 69.1 Å². The van der Waals surface area contributed by atoms with E-state index in [1.165, 1.54) is 19.3 Å². The van der Waals surface area contributed by atoms with Gasteiger partial charge in [0.1, 0.15) is 11.6 Å². The van der Waals surface area contributed by atoms with E-state index >= 15 is 0 Å². The SMILES string of the molecule is CCCn1c(Oc2cccc(C(=O)OCC)c2)nc2nc(C3(CC)CC4CCC3C4)[nH]c2c1=O. The number of benzene rings is 1. The summed E-state index contributed by atoms with van der Waals surface area (Å²) in [6.45, 7) is 6.74. The normalized spacial score (nSPS) is 23.5. The average Bonchev–Trinajstić information content (AvgIpc) is 3.57. The number of carbonyl (C=O) groups is 1. The summed E-state index contributed by atoms with van der Waals surface area (Å²) >= 11 is 0. The zero-order chi connectivity index (χ0) is 23.9. The van der Waals surface area contributed by atoms with Gasteiger partial charge in [0.05, 0.1) is 12.2 Å². The minimum Gasteiger partial charge on any atom is -0.462 e. The van der Waals surface area contributed by atoms with Crippen molar-refractivity contribution in [3.63, 3.8) is 0 Å². The summed E-state index contributed by atoms with van der Waals surface area (Å²) in [6, 6.07) is 6.89. The monoisotopic (exact) mass is 464 g/mol. The summed E-state index contributed by atoms with van der Waals surface area (Å²) in [6.07, 6.45) is 6.66. The van der Waals surface area contributed by atoms with Crippen molar-refractivity contribution in [2.24, 2.45) is 11.8 Å². The molecule has 1 N–H and O–H groups in total.